The van der Waals surface area contributed by atoms with E-state index in [1.54, 1.807) is 4.68 Å². The molecule has 2 aliphatic rings. The Kier molecular flexibility index (Phi) is 6.12. The molecule has 0 spiro atoms. The molecule has 1 aromatic heterocycles. The molecule has 3 rings (SSSR count). The van der Waals surface area contributed by atoms with Crippen molar-refractivity contribution in [1.29, 1.82) is 0 Å². The minimum Gasteiger partial charge on any atom is -0.381 e. The molecule has 140 valence electrons. The van der Waals surface area contributed by atoms with E-state index in [9.17, 15) is 4.79 Å². The van der Waals surface area contributed by atoms with Crippen LogP contribution in [0, 0.1) is 11.8 Å². The summed E-state index contributed by atoms with van der Waals surface area (Å²) < 4.78 is 13.1. The van der Waals surface area contributed by atoms with Crippen LogP contribution >= 0.6 is 0 Å². The molecule has 2 fully saturated rings. The maximum atomic E-state index is 12.5. The number of carbonyl (C=O) groups is 1. The van der Waals surface area contributed by atoms with Crippen LogP contribution in [-0.2, 0) is 21.3 Å². The van der Waals surface area contributed by atoms with Gasteiger partial charge in [-0.2, -0.15) is 5.10 Å². The number of hydrogen-bond donors (Lipinski definition) is 1. The fraction of sp³-hybridized carbons (Fsp3) is 0.789. The van der Waals surface area contributed by atoms with Crippen LogP contribution in [0.25, 0.3) is 0 Å². The first-order valence-corrected chi connectivity index (χ1v) is 9.56. The number of carbonyl (C=O) groups excluding carboxylic acids is 1. The van der Waals surface area contributed by atoms with Crippen LogP contribution in [-0.4, -0.2) is 41.6 Å². The zero-order valence-electron chi connectivity index (χ0n) is 15.7. The maximum Gasteiger partial charge on any atom is 0.225 e. The highest BCUT2D eigenvalue weighted by molar-refractivity contribution is 5.90. The molecule has 0 radical (unpaired) electrons. The smallest absolute Gasteiger partial charge is 0.225 e. The van der Waals surface area contributed by atoms with Crippen LogP contribution in [0.2, 0.25) is 0 Å². The Bertz CT molecular complexity index is 578. The molecule has 1 amide bonds. The van der Waals surface area contributed by atoms with Gasteiger partial charge >= 0.3 is 0 Å². The van der Waals surface area contributed by atoms with Crippen molar-refractivity contribution in [2.75, 3.05) is 25.1 Å². The summed E-state index contributed by atoms with van der Waals surface area (Å²) in [6.45, 7) is 6.69. The third-order valence-electron chi connectivity index (χ3n) is 5.39. The van der Waals surface area contributed by atoms with E-state index in [1.807, 2.05) is 13.1 Å². The molecule has 2 aliphatic heterocycles. The Hall–Kier alpha value is -1.40. The molecule has 1 aromatic rings. The summed E-state index contributed by atoms with van der Waals surface area (Å²) in [5.74, 6) is 2.10. The van der Waals surface area contributed by atoms with Crippen molar-refractivity contribution in [3.8, 4) is 0 Å². The van der Waals surface area contributed by atoms with Gasteiger partial charge in [-0.1, -0.05) is 13.8 Å². The number of ether oxygens (including phenoxy) is 2. The van der Waals surface area contributed by atoms with Crippen LogP contribution in [0.5, 0.6) is 0 Å². The van der Waals surface area contributed by atoms with E-state index in [0.29, 0.717) is 24.2 Å². The van der Waals surface area contributed by atoms with E-state index in [-0.39, 0.29) is 12.0 Å². The van der Waals surface area contributed by atoms with Gasteiger partial charge in [0, 0.05) is 38.7 Å². The second-order valence-electron chi connectivity index (χ2n) is 7.79. The number of nitrogens with zero attached hydrogens (tertiary/aromatic N) is 2. The SMILES string of the molecule is CC(C)[C@@H]1C[C@@H](CC(=O)Nc2cc([C@@H]3CCCOC3)nn2C)CCO1. The van der Waals surface area contributed by atoms with Gasteiger partial charge in [-0.15, -0.1) is 0 Å². The molecule has 3 atom stereocenters. The van der Waals surface area contributed by atoms with Crippen molar-refractivity contribution in [1.82, 2.24) is 9.78 Å². The molecule has 1 N–H and O–H groups in total. The van der Waals surface area contributed by atoms with E-state index < -0.39 is 0 Å². The Balaban J connectivity index is 1.55. The van der Waals surface area contributed by atoms with Crippen molar-refractivity contribution in [2.45, 2.75) is 58.0 Å². The molecule has 0 bridgehead atoms. The first kappa shape index (κ1) is 18.4. The van der Waals surface area contributed by atoms with Crippen LogP contribution in [0.4, 0.5) is 5.82 Å². The summed E-state index contributed by atoms with van der Waals surface area (Å²) in [6, 6.07) is 2.00. The lowest BCUT2D eigenvalue weighted by Gasteiger charge is -2.31. The Morgan fingerprint density at radius 2 is 2.24 bits per heavy atom. The zero-order chi connectivity index (χ0) is 17.8. The molecule has 3 heterocycles. The molecule has 0 unspecified atom stereocenters. The highest BCUT2D eigenvalue weighted by Gasteiger charge is 2.27. The fourth-order valence-corrected chi connectivity index (χ4v) is 3.79. The first-order chi connectivity index (χ1) is 12.0. The molecule has 6 heteroatoms. The Morgan fingerprint density at radius 1 is 1.40 bits per heavy atom. The lowest BCUT2D eigenvalue weighted by molar-refractivity contribution is -0.118. The number of nitrogens with one attached hydrogen (secondary N) is 1. The normalized spacial score (nSPS) is 27.4. The third-order valence-corrected chi connectivity index (χ3v) is 5.39. The number of anilines is 1. The number of hydrogen-bond acceptors (Lipinski definition) is 4. The molecule has 2 saturated heterocycles. The van der Waals surface area contributed by atoms with E-state index in [1.165, 1.54) is 0 Å². The third kappa shape index (κ3) is 4.82. The topological polar surface area (TPSA) is 65.4 Å². The molecule has 6 nitrogen and oxygen atoms in total. The Labute approximate surface area is 150 Å². The number of amides is 1. The quantitative estimate of drug-likeness (QED) is 0.887. The lowest BCUT2D eigenvalue weighted by atomic mass is 9.88. The average molecular weight is 349 g/mol. The van der Waals surface area contributed by atoms with Crippen LogP contribution in [0.3, 0.4) is 0 Å². The molecule has 0 aliphatic carbocycles. The van der Waals surface area contributed by atoms with Gasteiger partial charge in [-0.05, 0) is 37.5 Å². The number of rotatable bonds is 5. The van der Waals surface area contributed by atoms with Gasteiger partial charge in [0.2, 0.25) is 5.91 Å². The second-order valence-corrected chi connectivity index (χ2v) is 7.79. The molecule has 0 saturated carbocycles. The number of aromatic nitrogens is 2. The predicted octanol–water partition coefficient (Wildman–Crippen LogP) is 3.09. The van der Waals surface area contributed by atoms with Gasteiger partial charge in [0.05, 0.1) is 18.4 Å². The summed E-state index contributed by atoms with van der Waals surface area (Å²) >= 11 is 0. The van der Waals surface area contributed by atoms with Gasteiger partial charge in [0.15, 0.2) is 0 Å². The highest BCUT2D eigenvalue weighted by atomic mass is 16.5. The van der Waals surface area contributed by atoms with Crippen molar-refractivity contribution in [3.05, 3.63) is 11.8 Å². The monoisotopic (exact) mass is 349 g/mol. The summed E-state index contributed by atoms with van der Waals surface area (Å²) in [6.07, 6.45) is 4.95. The minimum atomic E-state index is 0.0730. The highest BCUT2D eigenvalue weighted by Crippen LogP contribution is 2.29. The largest absolute Gasteiger partial charge is 0.381 e. The standard InChI is InChI=1S/C19H31N3O3/c1-13(2)17-9-14(6-8-25-17)10-19(23)20-18-11-16(21-22(18)3)15-5-4-7-24-12-15/h11,13-15,17H,4-10,12H2,1-3H3,(H,20,23)/t14-,15+,17-/m0/s1. The van der Waals surface area contributed by atoms with Crippen LogP contribution in [0.15, 0.2) is 6.07 Å². The maximum absolute atomic E-state index is 12.5. The van der Waals surface area contributed by atoms with Crippen molar-refractivity contribution in [3.63, 3.8) is 0 Å². The van der Waals surface area contributed by atoms with Crippen LogP contribution in [0.1, 0.15) is 57.6 Å². The Morgan fingerprint density at radius 3 is 2.96 bits per heavy atom. The summed E-state index contributed by atoms with van der Waals surface area (Å²) in [7, 11) is 1.88. The summed E-state index contributed by atoms with van der Waals surface area (Å²) in [5, 5.41) is 7.61. The van der Waals surface area contributed by atoms with Crippen molar-refractivity contribution < 1.29 is 14.3 Å². The van der Waals surface area contributed by atoms with Crippen molar-refractivity contribution >= 4 is 11.7 Å². The fourth-order valence-electron chi connectivity index (χ4n) is 3.79. The van der Waals surface area contributed by atoms with Gasteiger partial charge < -0.3 is 14.8 Å². The van der Waals surface area contributed by atoms with Gasteiger partial charge in [0.25, 0.3) is 0 Å². The minimum absolute atomic E-state index is 0.0730. The summed E-state index contributed by atoms with van der Waals surface area (Å²) in [5.41, 5.74) is 1.02. The molecule has 0 aromatic carbocycles. The van der Waals surface area contributed by atoms with Crippen LogP contribution < -0.4 is 5.32 Å². The molecule has 25 heavy (non-hydrogen) atoms. The lowest BCUT2D eigenvalue weighted by Crippen LogP contribution is -2.31. The van der Waals surface area contributed by atoms with E-state index in [2.05, 4.69) is 24.3 Å². The van der Waals surface area contributed by atoms with E-state index in [0.717, 1.165) is 57.0 Å². The van der Waals surface area contributed by atoms with E-state index >= 15 is 0 Å². The van der Waals surface area contributed by atoms with Gasteiger partial charge in [-0.25, -0.2) is 0 Å². The molecular formula is C19H31N3O3. The average Bonchev–Trinajstić information content (AvgIpc) is 2.96. The van der Waals surface area contributed by atoms with Gasteiger partial charge in [0.1, 0.15) is 5.82 Å². The first-order valence-electron chi connectivity index (χ1n) is 9.56. The van der Waals surface area contributed by atoms with Crippen molar-refractivity contribution in [2.24, 2.45) is 18.9 Å². The van der Waals surface area contributed by atoms with Gasteiger partial charge in [-0.3, -0.25) is 9.48 Å². The van der Waals surface area contributed by atoms with E-state index in [4.69, 9.17) is 9.47 Å². The second kappa shape index (κ2) is 8.32. The predicted molar refractivity (Wildman–Crippen MR) is 96.6 cm³/mol. The summed E-state index contributed by atoms with van der Waals surface area (Å²) in [4.78, 5) is 12.5. The molecular weight excluding hydrogens is 318 g/mol. The number of aryl methyl sites for hydroxylation is 1. The zero-order valence-corrected chi connectivity index (χ0v) is 15.7.